The Balaban J connectivity index is 1.51. The topological polar surface area (TPSA) is 109 Å². The normalized spacial score (nSPS) is 14.3. The van der Waals surface area contributed by atoms with E-state index in [0.29, 0.717) is 27.7 Å². The van der Waals surface area contributed by atoms with E-state index in [-0.39, 0.29) is 51.3 Å². The van der Waals surface area contributed by atoms with Crippen molar-refractivity contribution >= 4 is 163 Å². The van der Waals surface area contributed by atoms with Crippen molar-refractivity contribution in [1.82, 2.24) is 9.80 Å². The van der Waals surface area contributed by atoms with E-state index >= 15 is 0 Å². The highest BCUT2D eigenvalue weighted by molar-refractivity contribution is 9.15. The monoisotopic (exact) mass is 1050 g/mol. The van der Waals surface area contributed by atoms with Gasteiger partial charge in [0.15, 0.2) is 0 Å². The molecule has 0 saturated carbocycles. The van der Waals surface area contributed by atoms with E-state index in [9.17, 15) is 28.8 Å². The Labute approximate surface area is 291 Å². The molecule has 16 heteroatoms. The van der Waals surface area contributed by atoms with Crippen molar-refractivity contribution in [3.8, 4) is 0 Å². The number of rotatable bonds is 2. The van der Waals surface area contributed by atoms with Crippen molar-refractivity contribution in [3.63, 3.8) is 0 Å². The van der Waals surface area contributed by atoms with Gasteiger partial charge in [-0.15, -0.1) is 0 Å². The highest BCUT2D eigenvalue weighted by atomic mass is 79.9. The SMILES string of the molecule is O=C(c1cccc(C(=O)N2C(=O)c3c(Br)c(Br)c(Br)c(Br)c3C2=O)c1)N1C(=O)c2c(Br)c(Br)c(Br)c(Br)c2C1=O. The number of fused-ring (bicyclic) bond motifs is 2. The van der Waals surface area contributed by atoms with Crippen LogP contribution in [0, 0.1) is 0 Å². The van der Waals surface area contributed by atoms with Gasteiger partial charge in [-0.05, 0) is 146 Å². The van der Waals surface area contributed by atoms with E-state index in [1.54, 1.807) is 0 Å². The number of imide groups is 6. The molecule has 2 aliphatic rings. The third kappa shape index (κ3) is 4.38. The maximum atomic E-state index is 13.4. The fourth-order valence-corrected chi connectivity index (χ4v) is 9.03. The molecule has 202 valence electrons. The first-order valence-electron chi connectivity index (χ1n) is 10.4. The third-order valence-corrected chi connectivity index (χ3v) is 15.5. The van der Waals surface area contributed by atoms with Crippen molar-refractivity contribution in [1.29, 1.82) is 0 Å². The van der Waals surface area contributed by atoms with Crippen LogP contribution in [0.4, 0.5) is 0 Å². The summed E-state index contributed by atoms with van der Waals surface area (Å²) in [5.41, 5.74) is -0.455. The molecule has 0 fully saturated rings. The van der Waals surface area contributed by atoms with Gasteiger partial charge in [-0.2, -0.15) is 0 Å². The summed E-state index contributed by atoms with van der Waals surface area (Å²) in [4.78, 5) is 80.8. The summed E-state index contributed by atoms with van der Waals surface area (Å²) in [6.45, 7) is 0. The zero-order valence-corrected chi connectivity index (χ0v) is 31.4. The lowest BCUT2D eigenvalue weighted by Gasteiger charge is -2.15. The molecule has 0 radical (unpaired) electrons. The smallest absolute Gasteiger partial charge is 0.268 e. The van der Waals surface area contributed by atoms with E-state index in [0.717, 1.165) is 6.07 Å². The molecule has 0 bridgehead atoms. The summed E-state index contributed by atoms with van der Waals surface area (Å²) < 4.78 is 2.93. The molecule has 0 unspecified atom stereocenters. The molecule has 0 N–H and O–H groups in total. The summed E-state index contributed by atoms with van der Waals surface area (Å²) in [5, 5.41) is 0. The lowest BCUT2D eigenvalue weighted by atomic mass is 10.1. The third-order valence-electron chi connectivity index (χ3n) is 5.96. The molecular weight excluding hydrogens is 1050 g/mol. The Morgan fingerprint density at radius 3 is 0.950 bits per heavy atom. The Hall–Kier alpha value is -0.880. The van der Waals surface area contributed by atoms with Crippen LogP contribution >= 0.6 is 127 Å². The maximum Gasteiger partial charge on any atom is 0.269 e. The van der Waals surface area contributed by atoms with Crippen LogP contribution in [0.15, 0.2) is 60.0 Å². The average molecular weight is 1060 g/mol. The van der Waals surface area contributed by atoms with Gasteiger partial charge in [0.25, 0.3) is 35.4 Å². The summed E-state index contributed by atoms with van der Waals surface area (Å²) in [5.74, 6) is -5.45. The predicted molar refractivity (Wildman–Crippen MR) is 171 cm³/mol. The average Bonchev–Trinajstić information content (AvgIpc) is 3.35. The Kier molecular flexibility index (Phi) is 8.40. The molecule has 40 heavy (non-hydrogen) atoms. The highest BCUT2D eigenvalue weighted by Crippen LogP contribution is 2.47. The second-order valence-corrected chi connectivity index (χ2v) is 14.4. The van der Waals surface area contributed by atoms with Crippen molar-refractivity contribution in [2.45, 2.75) is 0 Å². The van der Waals surface area contributed by atoms with Gasteiger partial charge >= 0.3 is 0 Å². The van der Waals surface area contributed by atoms with Crippen LogP contribution in [0.25, 0.3) is 0 Å². The van der Waals surface area contributed by atoms with Crippen LogP contribution in [-0.4, -0.2) is 45.2 Å². The quantitative estimate of drug-likeness (QED) is 0.145. The number of hydrogen-bond acceptors (Lipinski definition) is 6. The Bertz CT molecular complexity index is 1600. The first-order valence-corrected chi connectivity index (χ1v) is 16.7. The highest BCUT2D eigenvalue weighted by Gasteiger charge is 2.46. The van der Waals surface area contributed by atoms with Gasteiger partial charge < -0.3 is 0 Å². The standard InChI is InChI=1S/C24H4Br8N2O6/c25-11-7-8(12(26)16(30)15(11)29)22(38)33(21(7)37)19(35)5-2-1-3-6(4-5)20(36)34-23(39)9-10(24(34)40)14(28)18(32)17(31)13(9)27/h1-4H. The second kappa shape index (κ2) is 11.0. The van der Waals surface area contributed by atoms with Gasteiger partial charge in [-0.3, -0.25) is 28.8 Å². The fourth-order valence-electron chi connectivity index (χ4n) is 4.11. The molecule has 5 rings (SSSR count). The molecule has 0 saturated heterocycles. The molecule has 3 aromatic carbocycles. The molecule has 3 aromatic rings. The molecule has 0 aromatic heterocycles. The minimum absolute atomic E-state index is 0.0213. The largest absolute Gasteiger partial charge is 0.269 e. The van der Waals surface area contributed by atoms with Crippen LogP contribution in [0.3, 0.4) is 0 Å². The van der Waals surface area contributed by atoms with Gasteiger partial charge in [-0.25, -0.2) is 9.80 Å². The number of benzene rings is 3. The van der Waals surface area contributed by atoms with Gasteiger partial charge in [0.05, 0.1) is 22.3 Å². The molecule has 6 amide bonds. The number of carbonyl (C=O) groups is 6. The number of carbonyl (C=O) groups excluding carboxylic acids is 6. The molecule has 0 spiro atoms. The first-order chi connectivity index (χ1) is 18.7. The lowest BCUT2D eigenvalue weighted by molar-refractivity contribution is 0.0546. The molecule has 0 atom stereocenters. The number of hydrogen-bond donors (Lipinski definition) is 0. The molecule has 2 heterocycles. The van der Waals surface area contributed by atoms with Gasteiger partial charge in [-0.1, -0.05) is 6.07 Å². The van der Waals surface area contributed by atoms with Gasteiger partial charge in [0, 0.05) is 46.9 Å². The van der Waals surface area contributed by atoms with Gasteiger partial charge in [0.2, 0.25) is 0 Å². The van der Waals surface area contributed by atoms with Crippen LogP contribution in [-0.2, 0) is 0 Å². The summed E-state index contributed by atoms with van der Waals surface area (Å²) in [6, 6.07) is 5.07. The van der Waals surface area contributed by atoms with Crippen LogP contribution in [0.2, 0.25) is 0 Å². The minimum Gasteiger partial charge on any atom is -0.268 e. The number of amides is 6. The van der Waals surface area contributed by atoms with Crippen molar-refractivity contribution < 1.29 is 28.8 Å². The van der Waals surface area contributed by atoms with E-state index in [2.05, 4.69) is 127 Å². The van der Waals surface area contributed by atoms with Crippen molar-refractivity contribution in [2.75, 3.05) is 0 Å². The van der Waals surface area contributed by atoms with E-state index in [1.807, 2.05) is 0 Å². The fraction of sp³-hybridized carbons (Fsp3) is 0. The number of halogens is 8. The summed E-state index contributed by atoms with van der Waals surface area (Å²) >= 11 is 26.5. The molecular formula is C24H4Br8N2O6. The van der Waals surface area contributed by atoms with Crippen molar-refractivity contribution in [2.24, 2.45) is 0 Å². The van der Waals surface area contributed by atoms with E-state index in [1.165, 1.54) is 18.2 Å². The zero-order chi connectivity index (χ0) is 29.5. The van der Waals surface area contributed by atoms with Crippen LogP contribution in [0.1, 0.15) is 62.1 Å². The zero-order valence-electron chi connectivity index (χ0n) is 18.7. The van der Waals surface area contributed by atoms with Gasteiger partial charge in [0.1, 0.15) is 0 Å². The lowest BCUT2D eigenvalue weighted by Crippen LogP contribution is -2.37. The van der Waals surface area contributed by atoms with Crippen molar-refractivity contribution in [3.05, 3.63) is 93.4 Å². The molecule has 2 aliphatic heterocycles. The van der Waals surface area contributed by atoms with Crippen LogP contribution in [0.5, 0.6) is 0 Å². The minimum atomic E-state index is -0.993. The van der Waals surface area contributed by atoms with E-state index in [4.69, 9.17) is 0 Å². The first kappa shape index (κ1) is 30.6. The maximum absolute atomic E-state index is 13.4. The Morgan fingerprint density at radius 1 is 0.450 bits per heavy atom. The number of nitrogens with zero attached hydrogens (tertiary/aromatic N) is 2. The summed E-state index contributed by atoms with van der Waals surface area (Å²) in [6.07, 6.45) is 0. The summed E-state index contributed by atoms with van der Waals surface area (Å²) in [7, 11) is 0. The Morgan fingerprint density at radius 2 is 0.700 bits per heavy atom. The molecule has 0 aliphatic carbocycles. The van der Waals surface area contributed by atoms with E-state index < -0.39 is 35.4 Å². The predicted octanol–water partition coefficient (Wildman–Crippen LogP) is 8.66. The van der Waals surface area contributed by atoms with Crippen LogP contribution < -0.4 is 0 Å². The second-order valence-electron chi connectivity index (χ2n) is 8.09. The molecule has 8 nitrogen and oxygen atoms in total.